The molecular formula is C12H22S. The van der Waals surface area contributed by atoms with Crippen LogP contribution in [0.15, 0.2) is 0 Å². The van der Waals surface area contributed by atoms with Gasteiger partial charge in [0.2, 0.25) is 0 Å². The molecule has 2 fully saturated rings. The molecule has 1 heteroatoms. The highest BCUT2D eigenvalue weighted by Gasteiger charge is 2.32. The lowest BCUT2D eigenvalue weighted by Gasteiger charge is -2.16. The minimum absolute atomic E-state index is 0.964. The second-order valence-corrected chi connectivity index (χ2v) is 5.40. The van der Waals surface area contributed by atoms with Crippen molar-refractivity contribution in [1.82, 2.24) is 0 Å². The van der Waals surface area contributed by atoms with Gasteiger partial charge >= 0.3 is 0 Å². The van der Waals surface area contributed by atoms with E-state index in [1.54, 1.807) is 0 Å². The number of fused-ring (bicyclic) bond motifs is 2. The molecule has 0 amide bonds. The maximum atomic E-state index is 4.49. The Labute approximate surface area is 87.9 Å². The third-order valence-corrected chi connectivity index (χ3v) is 4.58. The first-order chi connectivity index (χ1) is 6.40. The number of rotatable bonds is 1. The highest BCUT2D eigenvalue weighted by Crippen LogP contribution is 2.43. The van der Waals surface area contributed by atoms with Gasteiger partial charge in [-0.1, -0.05) is 38.5 Å². The van der Waals surface area contributed by atoms with Gasteiger partial charge in [-0.2, -0.15) is 12.6 Å². The van der Waals surface area contributed by atoms with Crippen molar-refractivity contribution in [3.8, 4) is 0 Å². The summed E-state index contributed by atoms with van der Waals surface area (Å²) in [5.41, 5.74) is 0. The van der Waals surface area contributed by atoms with Gasteiger partial charge in [-0.25, -0.2) is 0 Å². The molecule has 0 saturated heterocycles. The van der Waals surface area contributed by atoms with Crippen molar-refractivity contribution in [3.63, 3.8) is 0 Å². The van der Waals surface area contributed by atoms with Gasteiger partial charge in [-0.3, -0.25) is 0 Å². The molecule has 0 radical (unpaired) electrons. The van der Waals surface area contributed by atoms with Gasteiger partial charge in [0.05, 0.1) is 0 Å². The van der Waals surface area contributed by atoms with Gasteiger partial charge in [0.1, 0.15) is 0 Å². The monoisotopic (exact) mass is 198 g/mol. The summed E-state index contributed by atoms with van der Waals surface area (Å²) in [6, 6.07) is 0. The van der Waals surface area contributed by atoms with E-state index in [0.29, 0.717) is 0 Å². The maximum Gasteiger partial charge on any atom is -0.00667 e. The predicted molar refractivity (Wildman–Crippen MR) is 61.3 cm³/mol. The normalized spacial score (nSPS) is 40.8. The fourth-order valence-electron chi connectivity index (χ4n) is 3.34. The molecule has 2 aliphatic carbocycles. The van der Waals surface area contributed by atoms with Crippen LogP contribution in [0.2, 0.25) is 0 Å². The zero-order valence-corrected chi connectivity index (χ0v) is 9.44. The van der Waals surface area contributed by atoms with E-state index in [2.05, 4.69) is 12.6 Å². The maximum absolute atomic E-state index is 4.49. The number of hydrogen-bond donors (Lipinski definition) is 1. The molecule has 2 saturated carbocycles. The summed E-state index contributed by atoms with van der Waals surface area (Å²) >= 11 is 4.49. The van der Waals surface area contributed by atoms with E-state index >= 15 is 0 Å². The zero-order valence-electron chi connectivity index (χ0n) is 8.54. The number of thiol groups is 1. The highest BCUT2D eigenvalue weighted by atomic mass is 32.1. The topological polar surface area (TPSA) is 0 Å². The Bertz CT molecular complexity index is 155. The molecule has 0 aromatic rings. The Morgan fingerprint density at radius 3 is 2.46 bits per heavy atom. The van der Waals surface area contributed by atoms with Gasteiger partial charge in [-0.05, 0) is 36.3 Å². The molecule has 2 bridgehead atoms. The zero-order chi connectivity index (χ0) is 9.10. The largest absolute Gasteiger partial charge is 0.179 e. The van der Waals surface area contributed by atoms with E-state index in [9.17, 15) is 0 Å². The van der Waals surface area contributed by atoms with Crippen LogP contribution in [0, 0.1) is 17.8 Å². The third kappa shape index (κ3) is 2.43. The summed E-state index contributed by atoms with van der Waals surface area (Å²) in [4.78, 5) is 0. The first kappa shape index (κ1) is 9.89. The summed E-state index contributed by atoms with van der Waals surface area (Å²) in [5, 5.41) is 0. The lowest BCUT2D eigenvalue weighted by atomic mass is 9.92. The summed E-state index contributed by atoms with van der Waals surface area (Å²) in [6.07, 6.45) is 12.0. The van der Waals surface area contributed by atoms with Crippen molar-refractivity contribution in [2.75, 3.05) is 5.75 Å². The molecular weight excluding hydrogens is 176 g/mol. The van der Waals surface area contributed by atoms with Crippen LogP contribution in [0.5, 0.6) is 0 Å². The molecule has 76 valence electrons. The van der Waals surface area contributed by atoms with Crippen LogP contribution in [0.4, 0.5) is 0 Å². The van der Waals surface area contributed by atoms with E-state index in [0.717, 1.165) is 23.5 Å². The highest BCUT2D eigenvalue weighted by molar-refractivity contribution is 7.80. The second-order valence-electron chi connectivity index (χ2n) is 5.03. The van der Waals surface area contributed by atoms with Crippen molar-refractivity contribution < 1.29 is 0 Å². The van der Waals surface area contributed by atoms with Gasteiger partial charge in [0.25, 0.3) is 0 Å². The number of hydrogen-bond acceptors (Lipinski definition) is 1. The van der Waals surface area contributed by atoms with Gasteiger partial charge < -0.3 is 0 Å². The van der Waals surface area contributed by atoms with E-state index in [4.69, 9.17) is 0 Å². The van der Waals surface area contributed by atoms with E-state index in [1.165, 1.54) is 51.4 Å². The first-order valence-corrected chi connectivity index (χ1v) is 6.64. The predicted octanol–water partition coefficient (Wildman–Crippen LogP) is 3.91. The van der Waals surface area contributed by atoms with Crippen LogP contribution < -0.4 is 0 Å². The molecule has 0 heterocycles. The third-order valence-electron chi connectivity index (χ3n) is 4.11. The summed E-state index contributed by atoms with van der Waals surface area (Å²) in [6.45, 7) is 0. The van der Waals surface area contributed by atoms with Gasteiger partial charge in [0.15, 0.2) is 0 Å². The summed E-state index contributed by atoms with van der Waals surface area (Å²) in [5.74, 6) is 4.22. The van der Waals surface area contributed by atoms with Crippen molar-refractivity contribution in [2.24, 2.45) is 17.8 Å². The lowest BCUT2D eigenvalue weighted by Crippen LogP contribution is -2.09. The van der Waals surface area contributed by atoms with Crippen LogP contribution in [-0.2, 0) is 0 Å². The molecule has 13 heavy (non-hydrogen) atoms. The Morgan fingerprint density at radius 2 is 1.69 bits per heavy atom. The SMILES string of the molecule is SCC1CC2CCCCCCC1C2. The molecule has 0 nitrogen and oxygen atoms in total. The van der Waals surface area contributed by atoms with Crippen molar-refractivity contribution in [2.45, 2.75) is 51.4 Å². The Balaban J connectivity index is 1.94. The van der Waals surface area contributed by atoms with Crippen molar-refractivity contribution >= 4 is 12.6 Å². The van der Waals surface area contributed by atoms with E-state index < -0.39 is 0 Å². The quantitative estimate of drug-likeness (QED) is 0.607. The van der Waals surface area contributed by atoms with E-state index in [-0.39, 0.29) is 0 Å². The molecule has 0 aliphatic heterocycles. The molecule has 0 spiro atoms. The van der Waals surface area contributed by atoms with Crippen LogP contribution in [0.25, 0.3) is 0 Å². The van der Waals surface area contributed by atoms with Crippen LogP contribution in [0.1, 0.15) is 51.4 Å². The summed E-state index contributed by atoms with van der Waals surface area (Å²) in [7, 11) is 0. The van der Waals surface area contributed by atoms with Gasteiger partial charge in [0, 0.05) is 0 Å². The molecule has 2 aliphatic rings. The molecule has 3 unspecified atom stereocenters. The van der Waals surface area contributed by atoms with Crippen molar-refractivity contribution in [3.05, 3.63) is 0 Å². The first-order valence-electron chi connectivity index (χ1n) is 6.01. The smallest absolute Gasteiger partial charge is 0.00667 e. The minimum atomic E-state index is 0.964. The second kappa shape index (κ2) is 4.72. The summed E-state index contributed by atoms with van der Waals surface area (Å²) < 4.78 is 0. The molecule has 2 rings (SSSR count). The molecule has 3 atom stereocenters. The average Bonchev–Trinajstić information content (AvgIpc) is 2.58. The van der Waals surface area contributed by atoms with Crippen LogP contribution >= 0.6 is 12.6 Å². The molecule has 0 aromatic carbocycles. The standard InChI is InChI=1S/C12H22S/c13-9-12-8-10-5-3-1-2-4-6-11(12)7-10/h10-13H,1-9H2. The fraction of sp³-hybridized carbons (Fsp3) is 1.00. The van der Waals surface area contributed by atoms with Crippen LogP contribution in [0.3, 0.4) is 0 Å². The fourth-order valence-corrected chi connectivity index (χ4v) is 3.79. The van der Waals surface area contributed by atoms with Crippen LogP contribution in [-0.4, -0.2) is 5.75 Å². The Kier molecular flexibility index (Phi) is 3.59. The lowest BCUT2D eigenvalue weighted by molar-refractivity contribution is 0.381. The van der Waals surface area contributed by atoms with Crippen molar-refractivity contribution in [1.29, 1.82) is 0 Å². The average molecular weight is 198 g/mol. The Hall–Kier alpha value is 0.350. The Morgan fingerprint density at radius 1 is 0.923 bits per heavy atom. The minimum Gasteiger partial charge on any atom is -0.179 e. The van der Waals surface area contributed by atoms with Gasteiger partial charge in [-0.15, -0.1) is 0 Å². The molecule has 0 N–H and O–H groups in total. The molecule has 0 aromatic heterocycles. The van der Waals surface area contributed by atoms with E-state index in [1.807, 2.05) is 0 Å².